The van der Waals surface area contributed by atoms with E-state index in [1.807, 2.05) is 10.6 Å². The molecular formula is C8H16N2OS. The van der Waals surface area contributed by atoms with Crippen LogP contribution < -0.4 is 0 Å². The molecule has 3 nitrogen and oxygen atoms in total. The fourth-order valence-corrected chi connectivity index (χ4v) is 1.84. The second-order valence-electron chi connectivity index (χ2n) is 3.24. The number of carbonyl (C=O) groups excluding carboxylic acids is 1. The number of hydrogen-bond acceptors (Lipinski definition) is 3. The van der Waals surface area contributed by atoms with Gasteiger partial charge in [-0.3, -0.25) is 14.0 Å². The van der Waals surface area contributed by atoms with Gasteiger partial charge in [0.2, 0.25) is 5.91 Å². The van der Waals surface area contributed by atoms with Crippen LogP contribution in [0.15, 0.2) is 0 Å². The molecule has 0 aromatic heterocycles. The minimum absolute atomic E-state index is 0.238. The molecule has 0 unspecified atom stereocenters. The molecule has 0 bridgehead atoms. The van der Waals surface area contributed by atoms with Gasteiger partial charge in [0, 0.05) is 25.4 Å². The first-order valence-electron chi connectivity index (χ1n) is 4.23. The van der Waals surface area contributed by atoms with Gasteiger partial charge in [0.1, 0.15) is 0 Å². The monoisotopic (exact) mass is 188 g/mol. The van der Waals surface area contributed by atoms with Crippen LogP contribution in [0.5, 0.6) is 0 Å². The molecule has 0 radical (unpaired) electrons. The minimum atomic E-state index is 0.238. The average molecular weight is 188 g/mol. The molecular weight excluding hydrogens is 172 g/mol. The molecule has 4 heteroatoms. The van der Waals surface area contributed by atoms with E-state index in [0.29, 0.717) is 12.6 Å². The van der Waals surface area contributed by atoms with Crippen molar-refractivity contribution in [1.29, 1.82) is 0 Å². The van der Waals surface area contributed by atoms with Crippen molar-refractivity contribution in [2.45, 2.75) is 19.9 Å². The van der Waals surface area contributed by atoms with Crippen molar-refractivity contribution in [1.82, 2.24) is 9.21 Å². The van der Waals surface area contributed by atoms with Gasteiger partial charge in [0.25, 0.3) is 0 Å². The van der Waals surface area contributed by atoms with Crippen LogP contribution in [0.25, 0.3) is 0 Å². The van der Waals surface area contributed by atoms with Crippen LogP contribution in [-0.2, 0) is 4.79 Å². The lowest BCUT2D eigenvalue weighted by Gasteiger charge is -2.34. The topological polar surface area (TPSA) is 23.6 Å². The summed E-state index contributed by atoms with van der Waals surface area (Å²) in [5.74, 6) is 0.238. The highest BCUT2D eigenvalue weighted by Gasteiger charge is 2.24. The summed E-state index contributed by atoms with van der Waals surface area (Å²) in [7, 11) is 0. The summed E-state index contributed by atoms with van der Waals surface area (Å²) in [5, 5.41) is 0. The van der Waals surface area contributed by atoms with Gasteiger partial charge in [-0.25, -0.2) is 0 Å². The summed E-state index contributed by atoms with van der Waals surface area (Å²) in [4.78, 5) is 13.6. The van der Waals surface area contributed by atoms with Crippen molar-refractivity contribution >= 4 is 17.9 Å². The van der Waals surface area contributed by atoms with Crippen LogP contribution in [0.1, 0.15) is 13.8 Å². The molecule has 0 N–H and O–H groups in total. The molecule has 1 aliphatic heterocycles. The number of nitrogens with zero attached hydrogens (tertiary/aromatic N) is 2. The normalized spacial score (nSPS) is 20.7. The molecule has 1 rings (SSSR count). The van der Waals surface area contributed by atoms with Crippen molar-refractivity contribution in [3.05, 3.63) is 0 Å². The smallest absolute Gasteiger partial charge is 0.246 e. The summed E-state index contributed by atoms with van der Waals surface area (Å²) in [6.45, 7) is 6.70. The highest BCUT2D eigenvalue weighted by molar-refractivity contribution is 7.96. The molecule has 1 aliphatic rings. The second kappa shape index (κ2) is 4.14. The lowest BCUT2D eigenvalue weighted by atomic mass is 10.2. The highest BCUT2D eigenvalue weighted by Crippen LogP contribution is 2.12. The lowest BCUT2D eigenvalue weighted by Crippen LogP contribution is -2.49. The van der Waals surface area contributed by atoms with Crippen LogP contribution in [0.4, 0.5) is 0 Å². The first-order valence-corrected chi connectivity index (χ1v) is 5.42. The van der Waals surface area contributed by atoms with Crippen molar-refractivity contribution < 1.29 is 4.79 Å². The molecule has 0 aliphatic carbocycles. The standard InChI is InChI=1S/C8H16N2OS/c1-7(2)9-4-5-10(12-3)8(11)6-9/h7H,4-6H2,1-3H3. The van der Waals surface area contributed by atoms with Crippen molar-refractivity contribution in [3.63, 3.8) is 0 Å². The molecule has 1 fully saturated rings. The highest BCUT2D eigenvalue weighted by atomic mass is 32.2. The number of carbonyl (C=O) groups is 1. The largest absolute Gasteiger partial charge is 0.290 e. The van der Waals surface area contributed by atoms with Crippen LogP contribution >= 0.6 is 11.9 Å². The predicted octanol–water partition coefficient (Wildman–Crippen LogP) is 0.817. The van der Waals surface area contributed by atoms with E-state index in [9.17, 15) is 4.79 Å². The van der Waals surface area contributed by atoms with Gasteiger partial charge >= 0.3 is 0 Å². The Bertz CT molecular complexity index is 172. The summed E-state index contributed by atoms with van der Waals surface area (Å²) < 4.78 is 1.83. The summed E-state index contributed by atoms with van der Waals surface area (Å²) in [6.07, 6.45) is 1.95. The first-order chi connectivity index (χ1) is 5.65. The molecule has 0 saturated carbocycles. The fraction of sp³-hybridized carbons (Fsp3) is 0.875. The third-order valence-electron chi connectivity index (χ3n) is 2.16. The molecule has 12 heavy (non-hydrogen) atoms. The maximum absolute atomic E-state index is 11.4. The SMILES string of the molecule is CSN1CCN(C(C)C)CC1=O. The van der Waals surface area contributed by atoms with E-state index in [2.05, 4.69) is 18.7 Å². The molecule has 70 valence electrons. The Morgan fingerprint density at radius 2 is 2.08 bits per heavy atom. The van der Waals surface area contributed by atoms with Crippen LogP contribution in [0.2, 0.25) is 0 Å². The van der Waals surface area contributed by atoms with E-state index in [1.54, 1.807) is 0 Å². The number of hydrogen-bond donors (Lipinski definition) is 0. The Morgan fingerprint density at radius 3 is 2.50 bits per heavy atom. The van der Waals surface area contributed by atoms with Crippen LogP contribution in [0, 0.1) is 0 Å². The zero-order valence-electron chi connectivity index (χ0n) is 7.91. The number of piperazine rings is 1. The molecule has 1 saturated heterocycles. The van der Waals surface area contributed by atoms with E-state index >= 15 is 0 Å². The summed E-state index contributed by atoms with van der Waals surface area (Å²) in [5.41, 5.74) is 0. The maximum atomic E-state index is 11.4. The van der Waals surface area contributed by atoms with Gasteiger partial charge in [-0.2, -0.15) is 0 Å². The quantitative estimate of drug-likeness (QED) is 0.599. The van der Waals surface area contributed by atoms with E-state index in [-0.39, 0.29) is 5.91 Å². The predicted molar refractivity (Wildman–Crippen MR) is 51.9 cm³/mol. The Hall–Kier alpha value is -0.220. The van der Waals surface area contributed by atoms with E-state index in [4.69, 9.17) is 0 Å². The van der Waals surface area contributed by atoms with Gasteiger partial charge < -0.3 is 0 Å². The first kappa shape index (κ1) is 9.86. The molecule has 0 aromatic rings. The molecule has 0 spiro atoms. The Kier molecular flexibility index (Phi) is 3.40. The van der Waals surface area contributed by atoms with Gasteiger partial charge in [-0.1, -0.05) is 11.9 Å². The van der Waals surface area contributed by atoms with Crippen molar-refractivity contribution in [2.75, 3.05) is 25.9 Å². The second-order valence-corrected chi connectivity index (χ2v) is 4.05. The third kappa shape index (κ3) is 2.14. The van der Waals surface area contributed by atoms with Gasteiger partial charge in [0.15, 0.2) is 0 Å². The molecule has 1 heterocycles. The number of rotatable bonds is 2. The lowest BCUT2D eigenvalue weighted by molar-refractivity contribution is -0.130. The fourth-order valence-electron chi connectivity index (χ4n) is 1.31. The molecule has 0 aromatic carbocycles. The zero-order chi connectivity index (χ0) is 9.14. The van der Waals surface area contributed by atoms with Crippen LogP contribution in [0.3, 0.4) is 0 Å². The Labute approximate surface area is 78.2 Å². The van der Waals surface area contributed by atoms with Crippen LogP contribution in [-0.4, -0.2) is 47.0 Å². The van der Waals surface area contributed by atoms with E-state index < -0.39 is 0 Å². The molecule has 1 amide bonds. The number of amides is 1. The van der Waals surface area contributed by atoms with Gasteiger partial charge in [-0.15, -0.1) is 0 Å². The van der Waals surface area contributed by atoms with Gasteiger partial charge in [-0.05, 0) is 13.8 Å². The Balaban J connectivity index is 2.46. The minimum Gasteiger partial charge on any atom is -0.290 e. The summed E-state index contributed by atoms with van der Waals surface area (Å²) in [6, 6.07) is 0.484. The average Bonchev–Trinajstić information content (AvgIpc) is 2.04. The molecule has 0 atom stereocenters. The summed E-state index contributed by atoms with van der Waals surface area (Å²) >= 11 is 1.52. The van der Waals surface area contributed by atoms with E-state index in [0.717, 1.165) is 13.1 Å². The third-order valence-corrected chi connectivity index (χ3v) is 2.98. The van der Waals surface area contributed by atoms with Crippen molar-refractivity contribution in [3.8, 4) is 0 Å². The van der Waals surface area contributed by atoms with Crippen molar-refractivity contribution in [2.24, 2.45) is 0 Å². The maximum Gasteiger partial charge on any atom is 0.246 e. The van der Waals surface area contributed by atoms with Gasteiger partial charge in [0.05, 0.1) is 6.54 Å². The zero-order valence-corrected chi connectivity index (χ0v) is 8.73. The van der Waals surface area contributed by atoms with E-state index in [1.165, 1.54) is 11.9 Å². The Morgan fingerprint density at radius 1 is 1.42 bits per heavy atom.